The van der Waals surface area contributed by atoms with Gasteiger partial charge in [-0.3, -0.25) is 4.90 Å². The van der Waals surface area contributed by atoms with Crippen LogP contribution in [-0.4, -0.2) is 37.1 Å². The van der Waals surface area contributed by atoms with Crippen LogP contribution >= 0.6 is 0 Å². The fourth-order valence-corrected chi connectivity index (χ4v) is 2.22. The van der Waals surface area contributed by atoms with Gasteiger partial charge in [0.15, 0.2) is 0 Å². The zero-order valence-electron chi connectivity index (χ0n) is 6.64. The minimum absolute atomic E-state index is 0.840. The maximum Gasteiger partial charge on any atom is 0.0221 e. The molecule has 2 nitrogen and oxygen atoms in total. The van der Waals surface area contributed by atoms with Crippen molar-refractivity contribution in [1.29, 1.82) is 0 Å². The molecule has 2 aliphatic rings. The Kier molecular flexibility index (Phi) is 1.66. The monoisotopic (exact) mass is 140 g/mol. The molecule has 0 spiro atoms. The van der Waals surface area contributed by atoms with Gasteiger partial charge in [0.25, 0.3) is 0 Å². The average molecular weight is 140 g/mol. The van der Waals surface area contributed by atoms with E-state index in [1.54, 1.807) is 0 Å². The summed E-state index contributed by atoms with van der Waals surface area (Å²) in [5.41, 5.74) is 0. The molecule has 2 heteroatoms. The van der Waals surface area contributed by atoms with Crippen LogP contribution in [0, 0.1) is 0 Å². The highest BCUT2D eigenvalue weighted by Crippen LogP contribution is 2.25. The highest BCUT2D eigenvalue weighted by molar-refractivity contribution is 4.89. The summed E-state index contributed by atoms with van der Waals surface area (Å²) in [7, 11) is 2.27. The highest BCUT2D eigenvalue weighted by atomic mass is 15.2. The fraction of sp³-hybridized carbons (Fsp3) is 1.00. The minimum atomic E-state index is 0.840. The van der Waals surface area contributed by atoms with E-state index in [0.717, 1.165) is 12.1 Å². The number of nitrogens with one attached hydrogen (secondary N) is 1. The Bertz CT molecular complexity index is 110. The van der Waals surface area contributed by atoms with E-state index >= 15 is 0 Å². The molecule has 0 aromatic rings. The Hall–Kier alpha value is -0.0800. The smallest absolute Gasteiger partial charge is 0.0221 e. The van der Waals surface area contributed by atoms with Crippen LogP contribution < -0.4 is 5.32 Å². The molecule has 0 radical (unpaired) electrons. The Morgan fingerprint density at radius 3 is 2.90 bits per heavy atom. The molecule has 2 fully saturated rings. The molecule has 0 aromatic carbocycles. The SMILES string of the molecule is CN1[C@H]2CCNC[C@H]1CC2. The van der Waals surface area contributed by atoms with Crippen molar-refractivity contribution in [3.63, 3.8) is 0 Å². The third-order valence-corrected chi connectivity index (χ3v) is 3.02. The van der Waals surface area contributed by atoms with Gasteiger partial charge in [-0.2, -0.15) is 0 Å². The second-order valence-electron chi connectivity index (χ2n) is 3.54. The number of fused-ring (bicyclic) bond motifs is 2. The lowest BCUT2D eigenvalue weighted by Gasteiger charge is -2.21. The first kappa shape index (κ1) is 6.62. The molecule has 0 amide bonds. The topological polar surface area (TPSA) is 15.3 Å². The van der Waals surface area contributed by atoms with Crippen molar-refractivity contribution < 1.29 is 0 Å². The third-order valence-electron chi connectivity index (χ3n) is 3.02. The predicted molar refractivity (Wildman–Crippen MR) is 42.1 cm³/mol. The number of hydrogen-bond acceptors (Lipinski definition) is 2. The summed E-state index contributed by atoms with van der Waals surface area (Å²) in [5.74, 6) is 0. The third kappa shape index (κ3) is 0.956. The van der Waals surface area contributed by atoms with Crippen molar-refractivity contribution >= 4 is 0 Å². The van der Waals surface area contributed by atoms with Crippen molar-refractivity contribution in [2.24, 2.45) is 0 Å². The van der Waals surface area contributed by atoms with Gasteiger partial charge in [0, 0.05) is 18.6 Å². The van der Waals surface area contributed by atoms with E-state index in [1.807, 2.05) is 0 Å². The van der Waals surface area contributed by atoms with E-state index < -0.39 is 0 Å². The second kappa shape index (κ2) is 2.51. The first-order valence-electron chi connectivity index (χ1n) is 4.30. The molecule has 58 valence electrons. The van der Waals surface area contributed by atoms with Gasteiger partial charge in [0.1, 0.15) is 0 Å². The van der Waals surface area contributed by atoms with E-state index in [4.69, 9.17) is 0 Å². The van der Waals surface area contributed by atoms with Gasteiger partial charge in [-0.25, -0.2) is 0 Å². The molecule has 2 bridgehead atoms. The maximum absolute atomic E-state index is 3.47. The lowest BCUT2D eigenvalue weighted by atomic mass is 10.1. The molecule has 10 heavy (non-hydrogen) atoms. The molecule has 0 aliphatic carbocycles. The molecular formula is C8H16N2. The number of nitrogens with zero attached hydrogens (tertiary/aromatic N) is 1. The molecule has 2 heterocycles. The lowest BCUT2D eigenvalue weighted by Crippen LogP contribution is -2.34. The predicted octanol–water partition coefficient (Wildman–Crippen LogP) is 0.442. The normalized spacial score (nSPS) is 41.7. The minimum Gasteiger partial charge on any atom is -0.315 e. The van der Waals surface area contributed by atoms with Crippen LogP contribution in [0.4, 0.5) is 0 Å². The van der Waals surface area contributed by atoms with E-state index in [2.05, 4.69) is 17.3 Å². The van der Waals surface area contributed by atoms with Crippen LogP contribution in [0.5, 0.6) is 0 Å². The molecule has 0 saturated carbocycles. The Morgan fingerprint density at radius 1 is 1.20 bits per heavy atom. The van der Waals surface area contributed by atoms with Gasteiger partial charge in [-0.15, -0.1) is 0 Å². The van der Waals surface area contributed by atoms with Gasteiger partial charge >= 0.3 is 0 Å². The Balaban J connectivity index is 2.07. The Labute approximate surface area is 62.6 Å². The van der Waals surface area contributed by atoms with Crippen molar-refractivity contribution in [2.45, 2.75) is 31.3 Å². The molecule has 2 aliphatic heterocycles. The van der Waals surface area contributed by atoms with E-state index in [1.165, 1.54) is 32.4 Å². The van der Waals surface area contributed by atoms with Crippen LogP contribution in [0.3, 0.4) is 0 Å². The molecule has 1 N–H and O–H groups in total. The van der Waals surface area contributed by atoms with Crippen LogP contribution in [0.15, 0.2) is 0 Å². The lowest BCUT2D eigenvalue weighted by molar-refractivity contribution is 0.253. The first-order valence-corrected chi connectivity index (χ1v) is 4.30. The largest absolute Gasteiger partial charge is 0.315 e. The quantitative estimate of drug-likeness (QED) is 0.525. The first-order chi connectivity index (χ1) is 4.88. The van der Waals surface area contributed by atoms with Crippen LogP contribution in [0.1, 0.15) is 19.3 Å². The van der Waals surface area contributed by atoms with Crippen molar-refractivity contribution in [2.75, 3.05) is 20.1 Å². The van der Waals surface area contributed by atoms with Gasteiger partial charge in [0.2, 0.25) is 0 Å². The Morgan fingerprint density at radius 2 is 2.00 bits per heavy atom. The number of hydrogen-bond donors (Lipinski definition) is 1. The average Bonchev–Trinajstić information content (AvgIpc) is 2.06. The second-order valence-corrected chi connectivity index (χ2v) is 3.54. The number of likely N-dealkylation sites (N-methyl/N-ethyl adjacent to an activating group) is 1. The van der Waals surface area contributed by atoms with Crippen molar-refractivity contribution in [3.05, 3.63) is 0 Å². The van der Waals surface area contributed by atoms with Gasteiger partial charge in [-0.1, -0.05) is 0 Å². The van der Waals surface area contributed by atoms with E-state index in [9.17, 15) is 0 Å². The summed E-state index contributed by atoms with van der Waals surface area (Å²) >= 11 is 0. The van der Waals surface area contributed by atoms with Crippen LogP contribution in [-0.2, 0) is 0 Å². The number of rotatable bonds is 0. The fourth-order valence-electron chi connectivity index (χ4n) is 2.22. The zero-order chi connectivity index (χ0) is 6.97. The molecule has 2 rings (SSSR count). The van der Waals surface area contributed by atoms with Gasteiger partial charge in [-0.05, 0) is 32.9 Å². The zero-order valence-corrected chi connectivity index (χ0v) is 6.64. The molecule has 2 atom stereocenters. The molecule has 2 saturated heterocycles. The summed E-state index contributed by atoms with van der Waals surface area (Å²) in [4.78, 5) is 2.56. The molecule has 0 aromatic heterocycles. The van der Waals surface area contributed by atoms with Crippen molar-refractivity contribution in [3.8, 4) is 0 Å². The van der Waals surface area contributed by atoms with Gasteiger partial charge in [0.05, 0.1) is 0 Å². The summed E-state index contributed by atoms with van der Waals surface area (Å²) in [6.07, 6.45) is 4.20. The van der Waals surface area contributed by atoms with Crippen LogP contribution in [0.2, 0.25) is 0 Å². The van der Waals surface area contributed by atoms with Crippen molar-refractivity contribution in [1.82, 2.24) is 10.2 Å². The highest BCUT2D eigenvalue weighted by Gasteiger charge is 2.31. The summed E-state index contributed by atoms with van der Waals surface area (Å²) in [6, 6.07) is 1.73. The van der Waals surface area contributed by atoms with Crippen LogP contribution in [0.25, 0.3) is 0 Å². The van der Waals surface area contributed by atoms with Gasteiger partial charge < -0.3 is 5.32 Å². The molecular weight excluding hydrogens is 124 g/mol. The van der Waals surface area contributed by atoms with E-state index in [0.29, 0.717) is 0 Å². The summed E-state index contributed by atoms with van der Waals surface area (Å²) < 4.78 is 0. The maximum atomic E-state index is 3.47. The molecule has 0 unspecified atom stereocenters. The summed E-state index contributed by atoms with van der Waals surface area (Å²) in [6.45, 7) is 2.44. The summed E-state index contributed by atoms with van der Waals surface area (Å²) in [5, 5.41) is 3.47. The standard InChI is InChI=1S/C8H16N2/c1-10-7-2-3-8(10)6-9-5-4-7/h7-9H,2-6H2,1H3/t7-,8-/m1/s1. The van der Waals surface area contributed by atoms with E-state index in [-0.39, 0.29) is 0 Å².